The van der Waals surface area contributed by atoms with Crippen LogP contribution in [-0.4, -0.2) is 49.8 Å². The average molecular weight is 254 g/mol. The Bertz CT molecular complexity index is 231. The summed E-state index contributed by atoms with van der Waals surface area (Å²) in [5.41, 5.74) is 0. The maximum atomic E-state index is 5.61. The molecule has 2 atom stereocenters. The van der Waals surface area contributed by atoms with Gasteiger partial charge in [0.2, 0.25) is 0 Å². The molecule has 3 heteroatoms. The summed E-state index contributed by atoms with van der Waals surface area (Å²) < 4.78 is 5.61. The molecule has 2 fully saturated rings. The number of rotatable bonds is 7. The van der Waals surface area contributed by atoms with Crippen molar-refractivity contribution in [2.24, 2.45) is 5.92 Å². The molecule has 2 heterocycles. The highest BCUT2D eigenvalue weighted by atomic mass is 16.5. The predicted octanol–water partition coefficient (Wildman–Crippen LogP) is 2.26. The summed E-state index contributed by atoms with van der Waals surface area (Å²) in [6.45, 7) is 7.33. The molecular formula is C15H30N2O. The lowest BCUT2D eigenvalue weighted by atomic mass is 9.98. The third kappa shape index (κ3) is 3.94. The van der Waals surface area contributed by atoms with Gasteiger partial charge in [0.1, 0.15) is 0 Å². The lowest BCUT2D eigenvalue weighted by Gasteiger charge is -2.36. The molecular weight excluding hydrogens is 224 g/mol. The van der Waals surface area contributed by atoms with E-state index in [1.165, 1.54) is 25.7 Å². The van der Waals surface area contributed by atoms with E-state index in [0.717, 1.165) is 44.3 Å². The van der Waals surface area contributed by atoms with Gasteiger partial charge in [-0.3, -0.25) is 0 Å². The number of hydrogen-bond acceptors (Lipinski definition) is 3. The lowest BCUT2D eigenvalue weighted by molar-refractivity contribution is 0.105. The Balaban J connectivity index is 1.53. The van der Waals surface area contributed by atoms with Crippen LogP contribution in [0.3, 0.4) is 0 Å². The Hall–Kier alpha value is -0.120. The molecule has 2 unspecified atom stereocenters. The maximum Gasteiger partial charge on any atom is 0.0489 e. The van der Waals surface area contributed by atoms with Crippen molar-refractivity contribution in [3.8, 4) is 0 Å². The fourth-order valence-corrected chi connectivity index (χ4v) is 3.38. The molecule has 0 aromatic heterocycles. The second kappa shape index (κ2) is 6.88. The van der Waals surface area contributed by atoms with Gasteiger partial charge in [-0.2, -0.15) is 0 Å². The predicted molar refractivity (Wildman–Crippen MR) is 75.9 cm³/mol. The normalized spacial score (nSPS) is 32.3. The number of fused-ring (bicyclic) bond motifs is 2. The SMILES string of the molecule is CC(C)COCCCNC1CC2CCC(C1)N2C. The Morgan fingerprint density at radius 2 is 1.89 bits per heavy atom. The fraction of sp³-hybridized carbons (Fsp3) is 1.00. The molecule has 3 nitrogen and oxygen atoms in total. The first-order valence-electron chi connectivity index (χ1n) is 7.70. The van der Waals surface area contributed by atoms with Crippen LogP contribution < -0.4 is 5.32 Å². The molecule has 2 rings (SSSR count). The molecule has 0 saturated carbocycles. The van der Waals surface area contributed by atoms with Gasteiger partial charge >= 0.3 is 0 Å². The van der Waals surface area contributed by atoms with Crippen molar-refractivity contribution in [2.75, 3.05) is 26.8 Å². The zero-order chi connectivity index (χ0) is 13.0. The van der Waals surface area contributed by atoms with Gasteiger partial charge in [-0.25, -0.2) is 0 Å². The Labute approximate surface area is 112 Å². The molecule has 0 aliphatic carbocycles. The first kappa shape index (κ1) is 14.3. The molecule has 0 radical (unpaired) electrons. The smallest absolute Gasteiger partial charge is 0.0489 e. The minimum atomic E-state index is 0.655. The fourth-order valence-electron chi connectivity index (χ4n) is 3.38. The van der Waals surface area contributed by atoms with E-state index < -0.39 is 0 Å². The number of hydrogen-bond donors (Lipinski definition) is 1. The second-order valence-corrected chi connectivity index (χ2v) is 6.50. The molecule has 0 amide bonds. The van der Waals surface area contributed by atoms with Crippen molar-refractivity contribution >= 4 is 0 Å². The van der Waals surface area contributed by atoms with Gasteiger partial charge < -0.3 is 15.0 Å². The van der Waals surface area contributed by atoms with Gasteiger partial charge in [-0.15, -0.1) is 0 Å². The summed E-state index contributed by atoms with van der Waals surface area (Å²) in [7, 11) is 2.30. The van der Waals surface area contributed by atoms with Crippen LogP contribution in [0.1, 0.15) is 46.0 Å². The minimum Gasteiger partial charge on any atom is -0.381 e. The molecule has 0 spiro atoms. The number of piperidine rings is 1. The lowest BCUT2D eigenvalue weighted by Crippen LogP contribution is -2.47. The summed E-state index contributed by atoms with van der Waals surface area (Å²) in [6.07, 6.45) is 6.67. The summed E-state index contributed by atoms with van der Waals surface area (Å²) in [5, 5.41) is 3.72. The van der Waals surface area contributed by atoms with Gasteiger partial charge in [0.15, 0.2) is 0 Å². The van der Waals surface area contributed by atoms with Crippen molar-refractivity contribution in [1.82, 2.24) is 10.2 Å². The maximum absolute atomic E-state index is 5.61. The molecule has 2 aliphatic rings. The Morgan fingerprint density at radius 3 is 2.50 bits per heavy atom. The first-order chi connectivity index (χ1) is 8.66. The zero-order valence-corrected chi connectivity index (χ0v) is 12.3. The van der Waals surface area contributed by atoms with E-state index in [-0.39, 0.29) is 0 Å². The topological polar surface area (TPSA) is 24.5 Å². The van der Waals surface area contributed by atoms with Gasteiger partial charge in [-0.1, -0.05) is 13.8 Å². The van der Waals surface area contributed by atoms with Crippen molar-refractivity contribution < 1.29 is 4.74 Å². The van der Waals surface area contributed by atoms with Crippen molar-refractivity contribution in [2.45, 2.75) is 64.1 Å². The van der Waals surface area contributed by atoms with Crippen LogP contribution in [0.25, 0.3) is 0 Å². The highest BCUT2D eigenvalue weighted by Crippen LogP contribution is 2.34. The summed E-state index contributed by atoms with van der Waals surface area (Å²) in [5.74, 6) is 0.655. The van der Waals surface area contributed by atoms with Gasteiger partial charge in [-0.05, 0) is 51.6 Å². The van der Waals surface area contributed by atoms with Gasteiger partial charge in [0.05, 0.1) is 0 Å². The van der Waals surface area contributed by atoms with Gasteiger partial charge in [0, 0.05) is 31.3 Å². The van der Waals surface area contributed by atoms with Crippen LogP contribution >= 0.6 is 0 Å². The summed E-state index contributed by atoms with van der Waals surface area (Å²) in [4.78, 5) is 2.60. The van der Waals surface area contributed by atoms with Crippen LogP contribution in [-0.2, 0) is 4.74 Å². The van der Waals surface area contributed by atoms with E-state index in [1.807, 2.05) is 0 Å². The number of ether oxygens (including phenoxy) is 1. The van der Waals surface area contributed by atoms with Crippen LogP contribution in [0.15, 0.2) is 0 Å². The van der Waals surface area contributed by atoms with Crippen molar-refractivity contribution in [3.63, 3.8) is 0 Å². The molecule has 2 bridgehead atoms. The molecule has 0 aromatic carbocycles. The van der Waals surface area contributed by atoms with Crippen LogP contribution in [0.4, 0.5) is 0 Å². The third-order valence-corrected chi connectivity index (χ3v) is 4.45. The van der Waals surface area contributed by atoms with E-state index >= 15 is 0 Å². The summed E-state index contributed by atoms with van der Waals surface area (Å²) >= 11 is 0. The quantitative estimate of drug-likeness (QED) is 0.705. The van der Waals surface area contributed by atoms with E-state index in [4.69, 9.17) is 4.74 Å². The van der Waals surface area contributed by atoms with Crippen LogP contribution in [0, 0.1) is 5.92 Å². The van der Waals surface area contributed by atoms with E-state index in [1.54, 1.807) is 0 Å². The third-order valence-electron chi connectivity index (χ3n) is 4.45. The van der Waals surface area contributed by atoms with Crippen molar-refractivity contribution in [1.29, 1.82) is 0 Å². The molecule has 2 aliphatic heterocycles. The Morgan fingerprint density at radius 1 is 1.22 bits per heavy atom. The van der Waals surface area contributed by atoms with Gasteiger partial charge in [0.25, 0.3) is 0 Å². The largest absolute Gasteiger partial charge is 0.381 e. The van der Waals surface area contributed by atoms with Crippen molar-refractivity contribution in [3.05, 3.63) is 0 Å². The monoisotopic (exact) mass is 254 g/mol. The number of nitrogens with zero attached hydrogens (tertiary/aromatic N) is 1. The zero-order valence-electron chi connectivity index (χ0n) is 12.3. The molecule has 0 aromatic rings. The standard InChI is InChI=1S/C15H30N2O/c1-12(2)11-18-8-4-7-16-13-9-14-5-6-15(10-13)17(14)3/h12-16H,4-11H2,1-3H3. The van der Waals surface area contributed by atoms with E-state index in [0.29, 0.717) is 5.92 Å². The Kier molecular flexibility index (Phi) is 5.46. The van der Waals surface area contributed by atoms with E-state index in [2.05, 4.69) is 31.1 Å². The van der Waals surface area contributed by atoms with Crippen LogP contribution in [0.5, 0.6) is 0 Å². The molecule has 1 N–H and O–H groups in total. The molecule has 2 saturated heterocycles. The highest BCUT2D eigenvalue weighted by molar-refractivity contribution is 4.95. The molecule has 18 heavy (non-hydrogen) atoms. The van der Waals surface area contributed by atoms with Crippen LogP contribution in [0.2, 0.25) is 0 Å². The second-order valence-electron chi connectivity index (χ2n) is 6.50. The first-order valence-corrected chi connectivity index (χ1v) is 7.70. The minimum absolute atomic E-state index is 0.655. The average Bonchev–Trinajstić information content (AvgIpc) is 2.56. The number of nitrogens with one attached hydrogen (secondary N) is 1. The van der Waals surface area contributed by atoms with E-state index in [9.17, 15) is 0 Å². The highest BCUT2D eigenvalue weighted by Gasteiger charge is 2.37. The molecule has 106 valence electrons. The summed E-state index contributed by atoms with van der Waals surface area (Å²) in [6, 6.07) is 2.45.